The molecule has 0 bridgehead atoms. The minimum atomic E-state index is -0.0724. The molecule has 1 aliphatic heterocycles. The highest BCUT2D eigenvalue weighted by molar-refractivity contribution is 5.95. The lowest BCUT2D eigenvalue weighted by Gasteiger charge is -2.33. The molecule has 1 unspecified atom stereocenters. The Morgan fingerprint density at radius 3 is 2.88 bits per heavy atom. The molecule has 1 saturated heterocycles. The van der Waals surface area contributed by atoms with Crippen molar-refractivity contribution in [2.24, 2.45) is 20.0 Å². The highest BCUT2D eigenvalue weighted by atomic mass is 16.1. The second-order valence-corrected chi connectivity index (χ2v) is 6.61. The molecule has 0 aliphatic carbocycles. The van der Waals surface area contributed by atoms with E-state index in [1.165, 1.54) is 0 Å². The fourth-order valence-electron chi connectivity index (χ4n) is 3.52. The maximum absolute atomic E-state index is 12.8. The number of carbonyl (C=O) groups is 1. The molecule has 0 saturated carbocycles. The van der Waals surface area contributed by atoms with Crippen LogP contribution in [0.1, 0.15) is 29.3 Å². The van der Waals surface area contributed by atoms with E-state index in [1.54, 1.807) is 27.8 Å². The lowest BCUT2D eigenvalue weighted by Crippen LogP contribution is -2.40. The number of ketones is 1. The van der Waals surface area contributed by atoms with Gasteiger partial charge in [-0.1, -0.05) is 0 Å². The van der Waals surface area contributed by atoms with Gasteiger partial charge in [0, 0.05) is 45.5 Å². The lowest BCUT2D eigenvalue weighted by molar-refractivity contribution is 0.0893. The highest BCUT2D eigenvalue weighted by Crippen LogP contribution is 2.29. The Morgan fingerprint density at radius 1 is 1.28 bits per heavy atom. The molecule has 8 heteroatoms. The van der Waals surface area contributed by atoms with Gasteiger partial charge in [-0.05, 0) is 19.8 Å². The van der Waals surface area contributed by atoms with Crippen molar-refractivity contribution in [1.82, 2.24) is 29.3 Å². The smallest absolute Gasteiger partial charge is 0.203 e. The van der Waals surface area contributed by atoms with E-state index in [4.69, 9.17) is 0 Å². The van der Waals surface area contributed by atoms with Crippen molar-refractivity contribution in [2.45, 2.75) is 19.8 Å². The summed E-state index contributed by atoms with van der Waals surface area (Å²) < 4.78 is 3.55. The van der Waals surface area contributed by atoms with Crippen molar-refractivity contribution in [1.29, 1.82) is 0 Å². The molecule has 1 atom stereocenters. The van der Waals surface area contributed by atoms with Crippen molar-refractivity contribution in [3.63, 3.8) is 0 Å². The number of anilines is 1. The molecule has 3 aromatic rings. The van der Waals surface area contributed by atoms with Crippen LogP contribution in [-0.4, -0.2) is 48.2 Å². The van der Waals surface area contributed by atoms with Crippen LogP contribution in [-0.2, 0) is 14.1 Å². The third-order valence-electron chi connectivity index (χ3n) is 4.82. The van der Waals surface area contributed by atoms with E-state index >= 15 is 0 Å². The zero-order valence-corrected chi connectivity index (χ0v) is 14.7. The maximum atomic E-state index is 12.8. The third kappa shape index (κ3) is 2.67. The van der Waals surface area contributed by atoms with Gasteiger partial charge in [0.2, 0.25) is 5.78 Å². The maximum Gasteiger partial charge on any atom is 0.203 e. The second kappa shape index (κ2) is 5.94. The second-order valence-electron chi connectivity index (χ2n) is 6.61. The Labute approximate surface area is 145 Å². The lowest BCUT2D eigenvalue weighted by atomic mass is 9.93. The molecule has 25 heavy (non-hydrogen) atoms. The number of nitrogens with zero attached hydrogens (tertiary/aromatic N) is 7. The molecule has 130 valence electrons. The van der Waals surface area contributed by atoms with Crippen LogP contribution in [0.25, 0.3) is 11.0 Å². The van der Waals surface area contributed by atoms with E-state index in [0.29, 0.717) is 18.2 Å². The molecule has 1 aliphatic rings. The summed E-state index contributed by atoms with van der Waals surface area (Å²) >= 11 is 0. The largest absolute Gasteiger partial charge is 0.355 e. The Kier molecular flexibility index (Phi) is 3.74. The van der Waals surface area contributed by atoms with Crippen LogP contribution >= 0.6 is 0 Å². The summed E-state index contributed by atoms with van der Waals surface area (Å²) in [5, 5.41) is 5.23. The van der Waals surface area contributed by atoms with Gasteiger partial charge in [0.25, 0.3) is 0 Å². The fraction of sp³-hybridized carbons (Fsp3) is 0.471. The van der Waals surface area contributed by atoms with Gasteiger partial charge >= 0.3 is 0 Å². The predicted octanol–water partition coefficient (Wildman–Crippen LogP) is 1.50. The molecule has 0 aromatic carbocycles. The molecule has 8 nitrogen and oxygen atoms in total. The zero-order chi connectivity index (χ0) is 17.6. The first kappa shape index (κ1) is 15.7. The monoisotopic (exact) mass is 339 g/mol. The van der Waals surface area contributed by atoms with Gasteiger partial charge < -0.3 is 9.47 Å². The minimum Gasteiger partial charge on any atom is -0.355 e. The summed E-state index contributed by atoms with van der Waals surface area (Å²) in [7, 11) is 3.73. The van der Waals surface area contributed by atoms with Gasteiger partial charge in [-0.25, -0.2) is 15.0 Å². The Bertz CT molecular complexity index is 942. The van der Waals surface area contributed by atoms with Crippen LogP contribution in [0.2, 0.25) is 0 Å². The summed E-state index contributed by atoms with van der Waals surface area (Å²) in [5.41, 5.74) is 0.819. The normalized spacial score (nSPS) is 18.0. The molecule has 0 spiro atoms. The van der Waals surface area contributed by atoms with E-state index in [-0.39, 0.29) is 11.7 Å². The Balaban J connectivity index is 1.66. The molecule has 0 radical (unpaired) electrons. The van der Waals surface area contributed by atoms with Crippen molar-refractivity contribution in [2.75, 3.05) is 18.0 Å². The summed E-state index contributed by atoms with van der Waals surface area (Å²) in [6.45, 7) is 3.41. The summed E-state index contributed by atoms with van der Waals surface area (Å²) in [4.78, 5) is 28.4. The van der Waals surface area contributed by atoms with E-state index in [1.807, 2.05) is 21.0 Å². The van der Waals surface area contributed by atoms with Crippen molar-refractivity contribution >= 4 is 22.6 Å². The van der Waals surface area contributed by atoms with Crippen LogP contribution in [0.5, 0.6) is 0 Å². The third-order valence-corrected chi connectivity index (χ3v) is 4.82. The summed E-state index contributed by atoms with van der Waals surface area (Å²) in [5.74, 6) is 2.14. The Hall–Kier alpha value is -2.77. The molecule has 3 aromatic heterocycles. The molecule has 4 rings (SSSR count). The first-order chi connectivity index (χ1) is 12.0. The van der Waals surface area contributed by atoms with Crippen LogP contribution in [0.15, 0.2) is 18.6 Å². The fourth-order valence-corrected chi connectivity index (χ4v) is 3.52. The minimum absolute atomic E-state index is 0.0724. The number of aryl methyl sites for hydroxylation is 3. The number of hydrogen-bond acceptors (Lipinski definition) is 6. The zero-order valence-electron chi connectivity index (χ0n) is 14.7. The van der Waals surface area contributed by atoms with Gasteiger partial charge in [-0.15, -0.1) is 0 Å². The van der Waals surface area contributed by atoms with Crippen LogP contribution in [0, 0.1) is 12.8 Å². The Morgan fingerprint density at radius 2 is 2.12 bits per heavy atom. The number of rotatable bonds is 3. The van der Waals surface area contributed by atoms with Crippen LogP contribution in [0.3, 0.4) is 0 Å². The average molecular weight is 339 g/mol. The van der Waals surface area contributed by atoms with E-state index in [9.17, 15) is 4.79 Å². The van der Waals surface area contributed by atoms with E-state index < -0.39 is 0 Å². The molecule has 0 N–H and O–H groups in total. The van der Waals surface area contributed by atoms with E-state index in [0.717, 1.165) is 36.2 Å². The quantitative estimate of drug-likeness (QED) is 0.673. The van der Waals surface area contributed by atoms with Gasteiger partial charge in [-0.3, -0.25) is 9.48 Å². The van der Waals surface area contributed by atoms with Crippen LogP contribution in [0.4, 0.5) is 5.82 Å². The van der Waals surface area contributed by atoms with Crippen molar-refractivity contribution in [3.05, 3.63) is 30.2 Å². The number of aromatic nitrogens is 6. The van der Waals surface area contributed by atoms with Crippen LogP contribution < -0.4 is 4.90 Å². The molecular weight excluding hydrogens is 318 g/mol. The number of fused-ring (bicyclic) bond motifs is 1. The standard InChI is InChI=1S/C17H21N7O/c1-11-20-15-13(9-19-23(15)3)16(21-11)24-7-4-5-12(10-24)14(25)17-18-6-8-22(17)2/h6,8-9,12H,4-5,7,10H2,1-3H3. The average Bonchev–Trinajstić information content (AvgIpc) is 3.20. The first-order valence-corrected chi connectivity index (χ1v) is 8.47. The predicted molar refractivity (Wildman–Crippen MR) is 93.5 cm³/mol. The van der Waals surface area contributed by atoms with Gasteiger partial charge in [0.1, 0.15) is 11.6 Å². The summed E-state index contributed by atoms with van der Waals surface area (Å²) in [6.07, 6.45) is 7.10. The van der Waals surface area contributed by atoms with E-state index in [2.05, 4.69) is 25.0 Å². The molecule has 4 heterocycles. The summed E-state index contributed by atoms with van der Waals surface area (Å²) in [6, 6.07) is 0. The van der Waals surface area contributed by atoms with Crippen molar-refractivity contribution < 1.29 is 4.79 Å². The SMILES string of the molecule is Cc1nc(N2CCCC(C(=O)c3nccn3C)C2)c2cnn(C)c2n1. The number of imidazole rings is 1. The number of carbonyl (C=O) groups excluding carboxylic acids is 1. The van der Waals surface area contributed by atoms with Gasteiger partial charge in [-0.2, -0.15) is 5.10 Å². The number of piperidine rings is 1. The van der Waals surface area contributed by atoms with Gasteiger partial charge in [0.05, 0.1) is 11.6 Å². The number of hydrogen-bond donors (Lipinski definition) is 0. The van der Waals surface area contributed by atoms with Crippen molar-refractivity contribution in [3.8, 4) is 0 Å². The number of Topliss-reactive ketones (excluding diaryl/α,β-unsaturated/α-hetero) is 1. The highest BCUT2D eigenvalue weighted by Gasteiger charge is 2.30. The topological polar surface area (TPSA) is 81.7 Å². The molecular formula is C17H21N7O. The molecule has 1 fully saturated rings. The van der Waals surface area contributed by atoms with Gasteiger partial charge in [0.15, 0.2) is 11.5 Å². The molecule has 0 amide bonds. The first-order valence-electron chi connectivity index (χ1n) is 8.47.